The van der Waals surface area contributed by atoms with Crippen molar-refractivity contribution in [3.8, 4) is 11.1 Å². The second kappa shape index (κ2) is 8.47. The predicted molar refractivity (Wildman–Crippen MR) is 120 cm³/mol. The molecule has 0 bridgehead atoms. The molecular weight excluding hydrogens is 382 g/mol. The molecule has 7 heteroatoms. The van der Waals surface area contributed by atoms with Gasteiger partial charge >= 0.3 is 0 Å². The number of nitrogens with one attached hydrogen (secondary N) is 1. The summed E-state index contributed by atoms with van der Waals surface area (Å²) in [5, 5.41) is 4.45. The van der Waals surface area contributed by atoms with Crippen LogP contribution in [0, 0.1) is 13.8 Å². The van der Waals surface area contributed by atoms with Gasteiger partial charge in [-0.3, -0.25) is 4.79 Å². The van der Waals surface area contributed by atoms with Crippen LogP contribution < -0.4 is 5.32 Å². The summed E-state index contributed by atoms with van der Waals surface area (Å²) in [5.74, 6) is 1.01. The van der Waals surface area contributed by atoms with Crippen LogP contribution in [0.5, 0.6) is 0 Å². The molecule has 0 unspecified atom stereocenters. The number of piperazine rings is 1. The summed E-state index contributed by atoms with van der Waals surface area (Å²) >= 11 is 1.68. The van der Waals surface area contributed by atoms with Crippen LogP contribution in [0.4, 0.5) is 5.82 Å². The molecule has 152 valence electrons. The summed E-state index contributed by atoms with van der Waals surface area (Å²) < 4.78 is 0. The van der Waals surface area contributed by atoms with Crippen LogP contribution in [0.2, 0.25) is 0 Å². The largest absolute Gasteiger partial charge is 0.369 e. The van der Waals surface area contributed by atoms with Gasteiger partial charge in [0, 0.05) is 49.6 Å². The van der Waals surface area contributed by atoms with E-state index in [1.54, 1.807) is 17.7 Å². The number of benzene rings is 1. The number of nitrogens with zero attached hydrogens (tertiary/aromatic N) is 4. The molecule has 3 aromatic rings. The zero-order chi connectivity index (χ0) is 20.4. The van der Waals surface area contributed by atoms with E-state index in [-0.39, 0.29) is 5.91 Å². The molecule has 0 spiro atoms. The predicted octanol–water partition coefficient (Wildman–Crippen LogP) is 3.55. The van der Waals surface area contributed by atoms with E-state index in [2.05, 4.69) is 65.3 Å². The fourth-order valence-electron chi connectivity index (χ4n) is 3.75. The van der Waals surface area contributed by atoms with Crippen molar-refractivity contribution in [2.75, 3.05) is 45.1 Å². The lowest BCUT2D eigenvalue weighted by atomic mass is 10.0. The third-order valence-corrected chi connectivity index (χ3v) is 6.51. The smallest absolute Gasteiger partial charge is 0.224 e. The van der Waals surface area contributed by atoms with Crippen molar-refractivity contribution >= 4 is 33.3 Å². The summed E-state index contributed by atoms with van der Waals surface area (Å²) in [6, 6.07) is 8.56. The minimum atomic E-state index is 0.205. The van der Waals surface area contributed by atoms with Gasteiger partial charge in [0.15, 0.2) is 0 Å². The summed E-state index contributed by atoms with van der Waals surface area (Å²) in [6.07, 6.45) is 2.07. The van der Waals surface area contributed by atoms with Gasteiger partial charge in [0.05, 0.1) is 5.39 Å². The Bertz CT molecular complexity index is 1010. The molecule has 4 rings (SSSR count). The molecule has 1 aromatic carbocycles. The molecular formula is C22H27N5OS. The number of fused-ring (bicyclic) bond motifs is 1. The van der Waals surface area contributed by atoms with E-state index in [0.29, 0.717) is 13.0 Å². The van der Waals surface area contributed by atoms with E-state index in [1.165, 1.54) is 21.6 Å². The van der Waals surface area contributed by atoms with Crippen molar-refractivity contribution in [3.05, 3.63) is 41.0 Å². The zero-order valence-electron chi connectivity index (χ0n) is 17.2. The van der Waals surface area contributed by atoms with Gasteiger partial charge in [0.25, 0.3) is 0 Å². The first kappa shape index (κ1) is 19.8. The normalized spacial score (nSPS) is 15.1. The van der Waals surface area contributed by atoms with Gasteiger partial charge in [-0.2, -0.15) is 0 Å². The van der Waals surface area contributed by atoms with Gasteiger partial charge < -0.3 is 15.1 Å². The van der Waals surface area contributed by atoms with Gasteiger partial charge in [0.2, 0.25) is 5.91 Å². The molecule has 1 fully saturated rings. The number of aryl methyl sites for hydroxylation is 2. The average molecular weight is 410 g/mol. The minimum absolute atomic E-state index is 0.205. The molecule has 1 amide bonds. The van der Waals surface area contributed by atoms with Gasteiger partial charge in [-0.25, -0.2) is 9.97 Å². The molecule has 0 saturated carbocycles. The summed E-state index contributed by atoms with van der Waals surface area (Å²) in [4.78, 5) is 27.9. The van der Waals surface area contributed by atoms with Crippen molar-refractivity contribution in [2.45, 2.75) is 20.3 Å². The molecule has 29 heavy (non-hydrogen) atoms. The van der Waals surface area contributed by atoms with Crippen molar-refractivity contribution in [2.24, 2.45) is 0 Å². The number of thiophene rings is 1. The molecule has 1 aliphatic rings. The molecule has 6 nitrogen and oxygen atoms in total. The topological polar surface area (TPSA) is 61.4 Å². The van der Waals surface area contributed by atoms with E-state index in [0.717, 1.165) is 42.2 Å². The number of carbonyl (C=O) groups is 1. The maximum Gasteiger partial charge on any atom is 0.224 e. The van der Waals surface area contributed by atoms with Gasteiger partial charge in [-0.15, -0.1) is 11.3 Å². The number of rotatable bonds is 5. The van der Waals surface area contributed by atoms with Gasteiger partial charge in [0.1, 0.15) is 17.0 Å². The highest BCUT2D eigenvalue weighted by atomic mass is 32.1. The Morgan fingerprint density at radius 3 is 2.55 bits per heavy atom. The van der Waals surface area contributed by atoms with E-state index >= 15 is 0 Å². The fourth-order valence-corrected chi connectivity index (χ4v) is 4.76. The Labute approximate surface area is 175 Å². The maximum atomic E-state index is 12.5. The molecule has 0 radical (unpaired) electrons. The molecule has 1 saturated heterocycles. The van der Waals surface area contributed by atoms with Crippen LogP contribution in [-0.4, -0.2) is 65.4 Å². The van der Waals surface area contributed by atoms with Crippen molar-refractivity contribution in [1.29, 1.82) is 0 Å². The molecule has 0 atom stereocenters. The number of carbonyl (C=O) groups excluding carboxylic acids is 1. The second-order valence-electron chi connectivity index (χ2n) is 7.66. The monoisotopic (exact) mass is 409 g/mol. The van der Waals surface area contributed by atoms with Crippen LogP contribution >= 0.6 is 11.3 Å². The number of amides is 1. The maximum absolute atomic E-state index is 12.5. The Morgan fingerprint density at radius 2 is 1.83 bits per heavy atom. The van der Waals surface area contributed by atoms with E-state index in [1.807, 2.05) is 4.90 Å². The first-order valence-corrected chi connectivity index (χ1v) is 10.9. The molecule has 2 aromatic heterocycles. The number of anilines is 1. The van der Waals surface area contributed by atoms with E-state index in [4.69, 9.17) is 0 Å². The van der Waals surface area contributed by atoms with Crippen molar-refractivity contribution < 1.29 is 4.79 Å². The molecule has 1 N–H and O–H groups in total. The quantitative estimate of drug-likeness (QED) is 0.698. The molecule has 1 aliphatic heterocycles. The zero-order valence-corrected chi connectivity index (χ0v) is 18.1. The van der Waals surface area contributed by atoms with Crippen LogP contribution in [-0.2, 0) is 4.79 Å². The SMILES string of the molecule is Cc1ccc(-c2c(C)sc3ncnc(NCCC(=O)N4CCN(C)CC4)c23)cc1. The summed E-state index contributed by atoms with van der Waals surface area (Å²) in [5.41, 5.74) is 3.59. The number of aromatic nitrogens is 2. The Kier molecular flexibility index (Phi) is 5.78. The third-order valence-electron chi connectivity index (χ3n) is 5.49. The minimum Gasteiger partial charge on any atom is -0.369 e. The molecule has 0 aliphatic carbocycles. The molecule has 3 heterocycles. The van der Waals surface area contributed by atoms with Crippen molar-refractivity contribution in [1.82, 2.24) is 19.8 Å². The van der Waals surface area contributed by atoms with E-state index < -0.39 is 0 Å². The lowest BCUT2D eigenvalue weighted by Gasteiger charge is -2.32. The summed E-state index contributed by atoms with van der Waals surface area (Å²) in [6.45, 7) is 8.31. The first-order valence-electron chi connectivity index (χ1n) is 10.0. The van der Waals surface area contributed by atoms with E-state index in [9.17, 15) is 4.79 Å². The lowest BCUT2D eigenvalue weighted by Crippen LogP contribution is -2.47. The van der Waals surface area contributed by atoms with Gasteiger partial charge in [-0.1, -0.05) is 29.8 Å². The fraction of sp³-hybridized carbons (Fsp3) is 0.409. The van der Waals surface area contributed by atoms with Gasteiger partial charge in [-0.05, 0) is 26.5 Å². The van der Waals surface area contributed by atoms with Crippen LogP contribution in [0.15, 0.2) is 30.6 Å². The Balaban J connectivity index is 1.52. The second-order valence-corrected chi connectivity index (χ2v) is 8.87. The highest BCUT2D eigenvalue weighted by Gasteiger charge is 2.20. The Morgan fingerprint density at radius 1 is 1.10 bits per heavy atom. The average Bonchev–Trinajstić information content (AvgIpc) is 3.06. The van der Waals surface area contributed by atoms with Crippen molar-refractivity contribution in [3.63, 3.8) is 0 Å². The summed E-state index contributed by atoms with van der Waals surface area (Å²) in [7, 11) is 2.10. The number of likely N-dealkylation sites (N-methyl/N-ethyl adjacent to an activating group) is 1. The van der Waals surface area contributed by atoms with Crippen LogP contribution in [0.25, 0.3) is 21.3 Å². The number of hydrogen-bond donors (Lipinski definition) is 1. The Hall–Kier alpha value is -2.51. The first-order chi connectivity index (χ1) is 14.0. The highest BCUT2D eigenvalue weighted by molar-refractivity contribution is 7.19. The van der Waals surface area contributed by atoms with Crippen LogP contribution in [0.3, 0.4) is 0 Å². The highest BCUT2D eigenvalue weighted by Crippen LogP contribution is 2.40. The third kappa shape index (κ3) is 4.26. The standard InChI is InChI=1S/C22H27N5OS/c1-15-4-6-17(7-5-15)19-16(2)29-22-20(19)21(24-14-25-22)23-9-8-18(28)27-12-10-26(3)11-13-27/h4-7,14H,8-13H2,1-3H3,(H,23,24,25). The van der Waals surface area contributed by atoms with Crippen LogP contribution in [0.1, 0.15) is 16.9 Å². The lowest BCUT2D eigenvalue weighted by molar-refractivity contribution is -0.132. The number of hydrogen-bond acceptors (Lipinski definition) is 6.